The third-order valence-electron chi connectivity index (χ3n) is 4.90. The van der Waals surface area contributed by atoms with Gasteiger partial charge < -0.3 is 20.1 Å². The summed E-state index contributed by atoms with van der Waals surface area (Å²) < 4.78 is 10.5. The van der Waals surface area contributed by atoms with Crippen molar-refractivity contribution in [1.29, 1.82) is 0 Å². The second-order valence-electron chi connectivity index (χ2n) is 6.84. The van der Waals surface area contributed by atoms with Crippen LogP contribution in [0.4, 0.5) is 10.5 Å². The van der Waals surface area contributed by atoms with E-state index in [1.54, 1.807) is 32.4 Å². The fourth-order valence-corrected chi connectivity index (χ4v) is 3.46. The fourth-order valence-electron chi connectivity index (χ4n) is 3.34. The molecular formula is C21H26ClN3O3. The molecule has 0 atom stereocenters. The molecule has 2 aromatic carbocycles. The molecule has 0 aliphatic carbocycles. The van der Waals surface area contributed by atoms with Crippen molar-refractivity contribution in [3.8, 4) is 11.5 Å². The summed E-state index contributed by atoms with van der Waals surface area (Å²) in [7, 11) is 3.16. The summed E-state index contributed by atoms with van der Waals surface area (Å²) in [4.78, 5) is 14.8. The van der Waals surface area contributed by atoms with Gasteiger partial charge in [-0.25, -0.2) is 4.79 Å². The molecule has 0 unspecified atom stereocenters. The Morgan fingerprint density at radius 3 is 2.46 bits per heavy atom. The smallest absolute Gasteiger partial charge is 0.319 e. The number of anilines is 1. The first-order valence-electron chi connectivity index (χ1n) is 9.33. The van der Waals surface area contributed by atoms with Crippen LogP contribution in [0.3, 0.4) is 0 Å². The summed E-state index contributed by atoms with van der Waals surface area (Å²) in [6, 6.07) is 13.2. The van der Waals surface area contributed by atoms with Gasteiger partial charge in [-0.3, -0.25) is 4.90 Å². The normalized spacial score (nSPS) is 15.1. The number of benzene rings is 2. The summed E-state index contributed by atoms with van der Waals surface area (Å²) in [5, 5.41) is 6.67. The first-order valence-corrected chi connectivity index (χ1v) is 9.71. The number of urea groups is 1. The topological polar surface area (TPSA) is 62.8 Å². The van der Waals surface area contributed by atoms with Gasteiger partial charge in [0.05, 0.1) is 19.9 Å². The summed E-state index contributed by atoms with van der Waals surface area (Å²) in [5.74, 6) is 1.25. The molecule has 1 aliphatic rings. The molecule has 0 saturated carbocycles. The zero-order valence-electron chi connectivity index (χ0n) is 16.2. The van der Waals surface area contributed by atoms with E-state index < -0.39 is 0 Å². The minimum atomic E-state index is -0.234. The number of hydrogen-bond acceptors (Lipinski definition) is 4. The van der Waals surface area contributed by atoms with Crippen molar-refractivity contribution in [2.75, 3.05) is 32.6 Å². The summed E-state index contributed by atoms with van der Waals surface area (Å²) >= 11 is 5.94. The molecule has 2 N–H and O–H groups in total. The summed E-state index contributed by atoms with van der Waals surface area (Å²) in [5.41, 5.74) is 1.83. The number of piperidine rings is 1. The van der Waals surface area contributed by atoms with Crippen molar-refractivity contribution in [2.24, 2.45) is 0 Å². The van der Waals surface area contributed by atoms with Gasteiger partial charge in [-0.05, 0) is 42.7 Å². The van der Waals surface area contributed by atoms with Crippen LogP contribution in [0.1, 0.15) is 18.4 Å². The number of carbonyl (C=O) groups excluding carboxylic acids is 1. The quantitative estimate of drug-likeness (QED) is 0.760. The number of rotatable bonds is 6. The molecule has 1 fully saturated rings. The second kappa shape index (κ2) is 9.66. The van der Waals surface area contributed by atoms with Crippen LogP contribution in [-0.4, -0.2) is 44.3 Å². The van der Waals surface area contributed by atoms with Crippen LogP contribution in [0.5, 0.6) is 11.5 Å². The van der Waals surface area contributed by atoms with E-state index in [2.05, 4.69) is 27.7 Å². The third-order valence-corrected chi connectivity index (χ3v) is 5.15. The average Bonchev–Trinajstić information content (AvgIpc) is 2.71. The monoisotopic (exact) mass is 403 g/mol. The van der Waals surface area contributed by atoms with E-state index >= 15 is 0 Å². The van der Waals surface area contributed by atoms with E-state index in [4.69, 9.17) is 21.1 Å². The van der Waals surface area contributed by atoms with Gasteiger partial charge in [0.25, 0.3) is 0 Å². The highest BCUT2D eigenvalue weighted by Gasteiger charge is 2.21. The highest BCUT2D eigenvalue weighted by molar-refractivity contribution is 6.30. The molecule has 0 spiro atoms. The predicted molar refractivity (Wildman–Crippen MR) is 111 cm³/mol. The van der Waals surface area contributed by atoms with E-state index in [1.165, 1.54) is 5.56 Å². The van der Waals surface area contributed by atoms with Crippen LogP contribution in [-0.2, 0) is 6.54 Å². The molecular weight excluding hydrogens is 378 g/mol. The standard InChI is InChI=1S/C21H26ClN3O3/c1-27-18-7-8-20(28-2)19(13-18)24-21(26)23-17-9-11-25(12-10-17)14-15-3-5-16(22)6-4-15/h3-8,13,17H,9-12,14H2,1-2H3,(H2,23,24,26). The molecule has 1 aliphatic heterocycles. The number of nitrogens with zero attached hydrogens (tertiary/aromatic N) is 1. The zero-order chi connectivity index (χ0) is 19.9. The largest absolute Gasteiger partial charge is 0.497 e. The molecule has 0 bridgehead atoms. The first-order chi connectivity index (χ1) is 13.6. The molecule has 0 radical (unpaired) electrons. The number of halogens is 1. The van der Waals surface area contributed by atoms with Crippen molar-refractivity contribution in [2.45, 2.75) is 25.4 Å². The lowest BCUT2D eigenvalue weighted by Gasteiger charge is -2.32. The van der Waals surface area contributed by atoms with Gasteiger partial charge in [0.2, 0.25) is 0 Å². The van der Waals surface area contributed by atoms with Crippen LogP contribution < -0.4 is 20.1 Å². The molecule has 3 rings (SSSR count). The number of carbonyl (C=O) groups is 1. The van der Waals surface area contributed by atoms with E-state index in [0.29, 0.717) is 17.2 Å². The molecule has 0 aromatic heterocycles. The van der Waals surface area contributed by atoms with Gasteiger partial charge in [0.1, 0.15) is 11.5 Å². The fraction of sp³-hybridized carbons (Fsp3) is 0.381. The second-order valence-corrected chi connectivity index (χ2v) is 7.28. The average molecular weight is 404 g/mol. The van der Waals surface area contributed by atoms with Crippen molar-refractivity contribution in [3.05, 3.63) is 53.1 Å². The lowest BCUT2D eigenvalue weighted by molar-refractivity contribution is 0.190. The van der Waals surface area contributed by atoms with E-state index in [1.807, 2.05) is 12.1 Å². The Hall–Kier alpha value is -2.44. The molecule has 2 amide bonds. The van der Waals surface area contributed by atoms with Gasteiger partial charge in [-0.2, -0.15) is 0 Å². The Kier molecular flexibility index (Phi) is 7.01. The molecule has 2 aromatic rings. The Morgan fingerprint density at radius 1 is 1.11 bits per heavy atom. The van der Waals surface area contributed by atoms with Crippen LogP contribution in [0.25, 0.3) is 0 Å². The molecule has 150 valence electrons. The first kappa shape index (κ1) is 20.3. The summed E-state index contributed by atoms with van der Waals surface area (Å²) in [6.45, 7) is 2.78. The highest BCUT2D eigenvalue weighted by atomic mass is 35.5. The van der Waals surface area contributed by atoms with E-state index in [9.17, 15) is 4.79 Å². The van der Waals surface area contributed by atoms with Crippen molar-refractivity contribution < 1.29 is 14.3 Å². The van der Waals surface area contributed by atoms with E-state index in [-0.39, 0.29) is 12.1 Å². The molecule has 1 saturated heterocycles. The van der Waals surface area contributed by atoms with Gasteiger partial charge in [0, 0.05) is 36.8 Å². The number of hydrogen-bond donors (Lipinski definition) is 2. The maximum absolute atomic E-state index is 12.4. The Balaban J connectivity index is 1.48. The molecule has 6 nitrogen and oxygen atoms in total. The molecule has 1 heterocycles. The lowest BCUT2D eigenvalue weighted by Crippen LogP contribution is -2.45. The SMILES string of the molecule is COc1ccc(OC)c(NC(=O)NC2CCN(Cc3ccc(Cl)cc3)CC2)c1. The maximum atomic E-state index is 12.4. The Morgan fingerprint density at radius 2 is 1.82 bits per heavy atom. The molecule has 7 heteroatoms. The van der Waals surface area contributed by atoms with Crippen LogP contribution >= 0.6 is 11.6 Å². The van der Waals surface area contributed by atoms with E-state index in [0.717, 1.165) is 37.5 Å². The minimum Gasteiger partial charge on any atom is -0.497 e. The number of methoxy groups -OCH3 is 2. The van der Waals surface area contributed by atoms with Gasteiger partial charge in [0.15, 0.2) is 0 Å². The highest BCUT2D eigenvalue weighted by Crippen LogP contribution is 2.28. The number of likely N-dealkylation sites (tertiary alicyclic amines) is 1. The Labute approximate surface area is 170 Å². The molecule has 28 heavy (non-hydrogen) atoms. The predicted octanol–water partition coefficient (Wildman–Crippen LogP) is 4.14. The third kappa shape index (κ3) is 5.53. The Bertz CT molecular complexity index is 790. The van der Waals surface area contributed by atoms with Gasteiger partial charge in [-0.15, -0.1) is 0 Å². The number of nitrogens with one attached hydrogen (secondary N) is 2. The number of ether oxygens (including phenoxy) is 2. The minimum absolute atomic E-state index is 0.151. The van der Waals surface area contributed by atoms with Crippen molar-refractivity contribution in [1.82, 2.24) is 10.2 Å². The van der Waals surface area contributed by atoms with Crippen LogP contribution in [0, 0.1) is 0 Å². The van der Waals surface area contributed by atoms with Crippen LogP contribution in [0.2, 0.25) is 5.02 Å². The lowest BCUT2D eigenvalue weighted by atomic mass is 10.0. The zero-order valence-corrected chi connectivity index (χ0v) is 17.0. The van der Waals surface area contributed by atoms with Gasteiger partial charge in [-0.1, -0.05) is 23.7 Å². The van der Waals surface area contributed by atoms with Crippen molar-refractivity contribution in [3.63, 3.8) is 0 Å². The van der Waals surface area contributed by atoms with Crippen molar-refractivity contribution >= 4 is 23.3 Å². The number of amides is 2. The van der Waals surface area contributed by atoms with Gasteiger partial charge >= 0.3 is 6.03 Å². The van der Waals surface area contributed by atoms with Crippen LogP contribution in [0.15, 0.2) is 42.5 Å². The maximum Gasteiger partial charge on any atom is 0.319 e. The summed E-state index contributed by atoms with van der Waals surface area (Å²) in [6.07, 6.45) is 1.83.